The van der Waals surface area contributed by atoms with Gasteiger partial charge in [-0.2, -0.15) is 0 Å². The zero-order valence-electron chi connectivity index (χ0n) is 36.8. The standard InChI is InChI=1S/C47H55ClN8O9/c1-25-42(60)54-37(44(62)52-26(2)46(64)55(4)27(3)41(50)59)23-28-9-19-38(57)34(22-28)35-24-32(16-20-39(35)58)40(45(63)51-25)56(5)47(65)36(8-6-7-21-49)53-43(61)31-12-10-29(11-13-31)30-14-17-33(48)18-15-30/h9-20,22,24-27,36-37,40,57-58H,6-8,21,23,49H2,1-5H3,(H2,50,59)(H,51,63)(H,52,62)(H,53,61)(H,54,60)/t25-,26-,27+,36-,37-,40-/m0/s1. The normalized spacial score (nSPS) is 17.5. The van der Waals surface area contributed by atoms with E-state index in [1.54, 1.807) is 36.4 Å². The summed E-state index contributed by atoms with van der Waals surface area (Å²) < 4.78 is 0. The van der Waals surface area contributed by atoms with E-state index in [2.05, 4.69) is 21.3 Å². The highest BCUT2D eigenvalue weighted by Crippen LogP contribution is 2.39. The Morgan fingerprint density at radius 1 is 0.800 bits per heavy atom. The molecule has 10 N–H and O–H groups in total. The Morgan fingerprint density at radius 2 is 1.40 bits per heavy atom. The Kier molecular flexibility index (Phi) is 16.3. The Morgan fingerprint density at radius 3 is 2.02 bits per heavy atom. The number of nitrogens with one attached hydrogen (secondary N) is 4. The predicted molar refractivity (Wildman–Crippen MR) is 244 cm³/mol. The first-order valence-electron chi connectivity index (χ1n) is 21.1. The molecule has 0 spiro atoms. The van der Waals surface area contributed by atoms with Crippen LogP contribution in [0.3, 0.4) is 0 Å². The molecular weight excluding hydrogens is 856 g/mol. The molecule has 0 fully saturated rings. The molecule has 4 aromatic rings. The number of primary amides is 1. The first-order valence-corrected chi connectivity index (χ1v) is 21.4. The predicted octanol–water partition coefficient (Wildman–Crippen LogP) is 2.89. The highest BCUT2D eigenvalue weighted by molar-refractivity contribution is 6.30. The molecule has 0 saturated heterocycles. The van der Waals surface area contributed by atoms with Gasteiger partial charge in [0.05, 0.1) is 0 Å². The van der Waals surface area contributed by atoms with Crippen LogP contribution in [0.25, 0.3) is 22.3 Å². The molecule has 4 aromatic carbocycles. The smallest absolute Gasteiger partial charge is 0.251 e. The first-order chi connectivity index (χ1) is 30.8. The number of fused-ring (bicyclic) bond motifs is 5. The van der Waals surface area contributed by atoms with Gasteiger partial charge in [-0.1, -0.05) is 48.0 Å². The molecule has 0 aliphatic carbocycles. The van der Waals surface area contributed by atoms with Gasteiger partial charge < -0.3 is 52.7 Å². The van der Waals surface area contributed by atoms with E-state index in [0.717, 1.165) is 20.9 Å². The molecule has 1 heterocycles. The van der Waals surface area contributed by atoms with Crippen LogP contribution in [0.2, 0.25) is 5.02 Å². The molecule has 1 aliphatic heterocycles. The molecule has 0 radical (unpaired) electrons. The fourth-order valence-corrected chi connectivity index (χ4v) is 7.53. The number of phenols is 2. The molecule has 0 aromatic heterocycles. The van der Waals surface area contributed by atoms with E-state index in [1.165, 1.54) is 71.3 Å². The fraction of sp³-hybridized carbons (Fsp3) is 0.340. The van der Waals surface area contributed by atoms with Crippen molar-refractivity contribution in [2.24, 2.45) is 11.5 Å². The average Bonchev–Trinajstić information content (AvgIpc) is 3.28. The number of carbonyl (C=O) groups excluding carboxylic acids is 7. The number of halogens is 1. The van der Waals surface area contributed by atoms with Gasteiger partial charge in [0.1, 0.15) is 47.8 Å². The maximum atomic E-state index is 14.6. The molecule has 344 valence electrons. The van der Waals surface area contributed by atoms with Gasteiger partial charge in [-0.05, 0) is 117 Å². The molecule has 4 bridgehead atoms. The summed E-state index contributed by atoms with van der Waals surface area (Å²) in [6.45, 7) is 4.55. The van der Waals surface area contributed by atoms with E-state index in [-0.39, 0.29) is 46.6 Å². The van der Waals surface area contributed by atoms with E-state index in [4.69, 9.17) is 23.1 Å². The van der Waals surface area contributed by atoms with Crippen LogP contribution >= 0.6 is 11.6 Å². The Balaban J connectivity index is 1.48. The van der Waals surface area contributed by atoms with Gasteiger partial charge >= 0.3 is 0 Å². The number of unbranched alkanes of at least 4 members (excludes halogenated alkanes) is 1. The summed E-state index contributed by atoms with van der Waals surface area (Å²) in [5.41, 5.74) is 14.0. The second-order valence-electron chi connectivity index (χ2n) is 16.1. The van der Waals surface area contributed by atoms with Crippen molar-refractivity contribution in [1.82, 2.24) is 31.1 Å². The summed E-state index contributed by atoms with van der Waals surface area (Å²) in [4.78, 5) is 97.5. The Labute approximate surface area is 381 Å². The van der Waals surface area contributed by atoms with Gasteiger partial charge in [0.25, 0.3) is 5.91 Å². The monoisotopic (exact) mass is 910 g/mol. The van der Waals surface area contributed by atoms with Crippen molar-refractivity contribution in [3.05, 3.63) is 107 Å². The lowest BCUT2D eigenvalue weighted by atomic mass is 9.93. The van der Waals surface area contributed by atoms with Crippen molar-refractivity contribution in [3.63, 3.8) is 0 Å². The van der Waals surface area contributed by atoms with Crippen molar-refractivity contribution < 1.29 is 43.8 Å². The Bertz CT molecular complexity index is 2430. The van der Waals surface area contributed by atoms with Crippen molar-refractivity contribution in [2.75, 3.05) is 20.6 Å². The molecule has 0 unspecified atom stereocenters. The second-order valence-corrected chi connectivity index (χ2v) is 16.6. The maximum absolute atomic E-state index is 14.6. The summed E-state index contributed by atoms with van der Waals surface area (Å²) in [6, 6.07) is 15.2. The number of hydrogen-bond acceptors (Lipinski definition) is 10. The number of amides is 7. The molecule has 5 rings (SSSR count). The van der Waals surface area contributed by atoms with E-state index in [0.29, 0.717) is 30.0 Å². The maximum Gasteiger partial charge on any atom is 0.251 e. The highest BCUT2D eigenvalue weighted by atomic mass is 35.5. The van der Waals surface area contributed by atoms with E-state index < -0.39 is 77.6 Å². The number of rotatable bonds is 14. The van der Waals surface area contributed by atoms with E-state index in [1.807, 2.05) is 12.1 Å². The number of likely N-dealkylation sites (N-methyl/N-ethyl adjacent to an activating group) is 2. The molecular formula is C47H55ClN8O9. The number of aromatic hydroxyl groups is 2. The number of hydrogen-bond donors (Lipinski definition) is 8. The fourth-order valence-electron chi connectivity index (χ4n) is 7.40. The summed E-state index contributed by atoms with van der Waals surface area (Å²) >= 11 is 6.05. The molecule has 6 atom stereocenters. The van der Waals surface area contributed by atoms with Gasteiger partial charge in [0.2, 0.25) is 35.4 Å². The third kappa shape index (κ3) is 12.0. The van der Waals surface area contributed by atoms with Gasteiger partial charge in [0, 0.05) is 42.2 Å². The van der Waals surface area contributed by atoms with Crippen molar-refractivity contribution in [3.8, 4) is 33.8 Å². The number of phenolic OH excluding ortho intramolecular Hbond substituents is 2. The summed E-state index contributed by atoms with van der Waals surface area (Å²) in [5, 5.41) is 33.6. The van der Waals surface area contributed by atoms with Gasteiger partial charge in [0.15, 0.2) is 0 Å². The second kappa shape index (κ2) is 21.6. The number of nitrogens with zero attached hydrogens (tertiary/aromatic N) is 2. The van der Waals surface area contributed by atoms with Crippen LogP contribution in [-0.4, -0.2) is 112 Å². The highest BCUT2D eigenvalue weighted by Gasteiger charge is 2.36. The summed E-state index contributed by atoms with van der Waals surface area (Å²) in [6.07, 6.45) is 0.996. The molecule has 18 heteroatoms. The molecule has 17 nitrogen and oxygen atoms in total. The van der Waals surface area contributed by atoms with Gasteiger partial charge in [-0.15, -0.1) is 0 Å². The topological polar surface area (TPSA) is 267 Å². The van der Waals surface area contributed by atoms with E-state index in [9.17, 15) is 43.8 Å². The van der Waals surface area contributed by atoms with Crippen molar-refractivity contribution in [2.45, 2.75) is 82.7 Å². The minimum absolute atomic E-state index is 0.0799. The largest absolute Gasteiger partial charge is 0.507 e. The zero-order valence-corrected chi connectivity index (χ0v) is 37.5. The van der Waals surface area contributed by atoms with E-state index >= 15 is 0 Å². The molecule has 65 heavy (non-hydrogen) atoms. The molecule has 1 aliphatic rings. The lowest BCUT2D eigenvalue weighted by Crippen LogP contribution is -2.58. The first kappa shape index (κ1) is 49.0. The summed E-state index contributed by atoms with van der Waals surface area (Å²) in [5.74, 6) is -5.54. The summed E-state index contributed by atoms with van der Waals surface area (Å²) in [7, 11) is 2.73. The number of benzene rings is 4. The van der Waals surface area contributed by atoms with Gasteiger partial charge in [-0.25, -0.2) is 0 Å². The van der Waals surface area contributed by atoms with Crippen LogP contribution in [0.4, 0.5) is 0 Å². The quantitative estimate of drug-likeness (QED) is 0.0858. The average molecular weight is 911 g/mol. The Hall–Kier alpha value is -6.98. The zero-order chi connectivity index (χ0) is 47.7. The lowest BCUT2D eigenvalue weighted by molar-refractivity contribution is -0.142. The van der Waals surface area contributed by atoms with Crippen molar-refractivity contribution >= 4 is 53.0 Å². The van der Waals surface area contributed by atoms with Gasteiger partial charge in [-0.3, -0.25) is 33.6 Å². The van der Waals surface area contributed by atoms with Crippen LogP contribution < -0.4 is 32.7 Å². The third-order valence-corrected chi connectivity index (χ3v) is 11.7. The van der Waals surface area contributed by atoms with Crippen LogP contribution in [0, 0.1) is 0 Å². The minimum Gasteiger partial charge on any atom is -0.507 e. The van der Waals surface area contributed by atoms with Crippen LogP contribution in [-0.2, 0) is 35.2 Å². The number of carbonyl (C=O) groups is 7. The van der Waals surface area contributed by atoms with Crippen LogP contribution in [0.1, 0.15) is 67.6 Å². The SMILES string of the molecule is C[C@@H]1NC(=O)[C@@H](N(C)C(=O)[C@H](CCCCN)NC(=O)c2ccc(-c3ccc(Cl)cc3)cc2)c2ccc(O)c(c2)-c2cc(ccc2O)C[C@@H](C(=O)N[C@@H](C)C(=O)N(C)[C@H](C)C(N)=O)NC1=O. The lowest BCUT2D eigenvalue weighted by Gasteiger charge is -2.32. The van der Waals surface area contributed by atoms with Crippen molar-refractivity contribution in [1.29, 1.82) is 0 Å². The third-order valence-electron chi connectivity index (χ3n) is 11.4. The minimum atomic E-state index is -1.47. The molecule has 0 saturated carbocycles. The van der Waals surface area contributed by atoms with Crippen LogP contribution in [0.15, 0.2) is 84.9 Å². The van der Waals surface area contributed by atoms with Crippen LogP contribution in [0.5, 0.6) is 11.5 Å². The number of nitrogens with two attached hydrogens (primary N) is 2. The molecule has 7 amide bonds.